The fraction of sp³-hybridized carbons (Fsp3) is 0.750. The van der Waals surface area contributed by atoms with Crippen LogP contribution >= 0.6 is 0 Å². The molecule has 4 atom stereocenters. The van der Waals surface area contributed by atoms with Gasteiger partial charge < -0.3 is 29.9 Å². The Balaban J connectivity index is 1.59. The molecule has 0 aliphatic carbocycles. The van der Waals surface area contributed by atoms with Crippen LogP contribution in [0.25, 0.3) is 0 Å². The molecular formula is C28H47O6. The van der Waals surface area contributed by atoms with Gasteiger partial charge >= 0.3 is 0 Å². The highest BCUT2D eigenvalue weighted by molar-refractivity contribution is 5.43. The lowest BCUT2D eigenvalue weighted by molar-refractivity contribution is -0.184. The molecule has 1 aromatic rings. The molecule has 195 valence electrons. The van der Waals surface area contributed by atoms with E-state index in [1.165, 1.54) is 77.0 Å². The molecule has 1 fully saturated rings. The van der Waals surface area contributed by atoms with Gasteiger partial charge in [0.1, 0.15) is 30.2 Å². The van der Waals surface area contributed by atoms with Crippen LogP contribution in [-0.4, -0.2) is 58.1 Å². The summed E-state index contributed by atoms with van der Waals surface area (Å²) in [4.78, 5) is 0. The van der Waals surface area contributed by atoms with Gasteiger partial charge in [-0.25, -0.2) is 0 Å². The zero-order valence-electron chi connectivity index (χ0n) is 21.0. The first-order valence-corrected chi connectivity index (χ1v) is 13.5. The summed E-state index contributed by atoms with van der Waals surface area (Å²) in [5, 5.41) is 39.9. The predicted molar refractivity (Wildman–Crippen MR) is 135 cm³/mol. The number of rotatable bonds is 18. The molecule has 6 nitrogen and oxygen atoms in total. The van der Waals surface area contributed by atoms with E-state index in [2.05, 4.69) is 6.92 Å². The van der Waals surface area contributed by atoms with Crippen LogP contribution in [-0.2, 0) is 4.74 Å². The lowest BCUT2D eigenvalue weighted by atomic mass is 9.91. The van der Waals surface area contributed by atoms with Gasteiger partial charge in [0.2, 0.25) is 0 Å². The highest BCUT2D eigenvalue weighted by atomic mass is 16.5. The van der Waals surface area contributed by atoms with Crippen LogP contribution in [0.1, 0.15) is 102 Å². The first kappa shape index (κ1) is 29.1. The molecule has 1 aliphatic heterocycles. The summed E-state index contributed by atoms with van der Waals surface area (Å²) in [6, 6.07) is 7.18. The predicted octanol–water partition coefficient (Wildman–Crippen LogP) is 4.90. The van der Waals surface area contributed by atoms with Crippen LogP contribution in [0.4, 0.5) is 0 Å². The number of ether oxygens (including phenoxy) is 2. The SMILES string of the molecule is CCCCCCCCCCCCCCCCOc1ccccc1[C]1O[C@H](CO)[C@@H](O)[C@H](O)[C@H]1O. The monoisotopic (exact) mass is 479 g/mol. The number of para-hydroxylation sites is 1. The molecular weight excluding hydrogens is 432 g/mol. The quantitative estimate of drug-likeness (QED) is 0.224. The van der Waals surface area contributed by atoms with Gasteiger partial charge in [0.25, 0.3) is 0 Å². The maximum Gasteiger partial charge on any atom is 0.161 e. The largest absolute Gasteiger partial charge is 0.493 e. The van der Waals surface area contributed by atoms with Crippen LogP contribution in [0.5, 0.6) is 5.75 Å². The third-order valence-corrected chi connectivity index (χ3v) is 6.69. The maximum atomic E-state index is 10.4. The molecule has 0 amide bonds. The summed E-state index contributed by atoms with van der Waals surface area (Å²) in [7, 11) is 0. The molecule has 1 aromatic carbocycles. The Hall–Kier alpha value is -1.18. The summed E-state index contributed by atoms with van der Waals surface area (Å²) in [6.07, 6.45) is 13.2. The number of aliphatic hydroxyl groups excluding tert-OH is 4. The van der Waals surface area contributed by atoms with Crippen molar-refractivity contribution in [3.63, 3.8) is 0 Å². The second kappa shape index (κ2) is 17.3. The van der Waals surface area contributed by atoms with Crippen molar-refractivity contribution < 1.29 is 29.9 Å². The van der Waals surface area contributed by atoms with Gasteiger partial charge in [-0.3, -0.25) is 0 Å². The highest BCUT2D eigenvalue weighted by Crippen LogP contribution is 2.36. The van der Waals surface area contributed by atoms with Gasteiger partial charge in [-0.1, -0.05) is 109 Å². The van der Waals surface area contributed by atoms with Crippen LogP contribution in [0.2, 0.25) is 0 Å². The molecule has 1 saturated heterocycles. The standard InChI is InChI=1S/C28H47O6/c1-2-3-4-5-6-7-8-9-10-11-12-13-14-17-20-33-23-19-16-15-18-22(23)28-27(32)26(31)25(30)24(21-29)34-28/h15-16,18-19,24-27,29-32H,2-14,17,20-21H2,1H3/t24-,25-,26+,27-/m1/s1. The van der Waals surface area contributed by atoms with Crippen molar-refractivity contribution in [3.05, 3.63) is 35.9 Å². The Morgan fingerprint density at radius 2 is 1.26 bits per heavy atom. The Morgan fingerprint density at radius 1 is 0.735 bits per heavy atom. The van der Waals surface area contributed by atoms with E-state index < -0.39 is 31.0 Å². The summed E-state index contributed by atoms with van der Waals surface area (Å²) in [5.74, 6) is 0.562. The molecule has 0 unspecified atom stereocenters. The topological polar surface area (TPSA) is 99.4 Å². The summed E-state index contributed by atoms with van der Waals surface area (Å²) in [6.45, 7) is 2.36. The van der Waals surface area contributed by atoms with Crippen molar-refractivity contribution >= 4 is 0 Å². The molecule has 6 heteroatoms. The van der Waals surface area contributed by atoms with Crippen LogP contribution < -0.4 is 4.74 Å². The fourth-order valence-corrected chi connectivity index (χ4v) is 4.51. The third-order valence-electron chi connectivity index (χ3n) is 6.69. The van der Waals surface area contributed by atoms with E-state index in [1.807, 2.05) is 6.07 Å². The van der Waals surface area contributed by atoms with Gasteiger partial charge in [-0.15, -0.1) is 0 Å². The van der Waals surface area contributed by atoms with E-state index in [9.17, 15) is 20.4 Å². The first-order valence-electron chi connectivity index (χ1n) is 13.5. The van der Waals surface area contributed by atoms with Crippen molar-refractivity contribution in [2.24, 2.45) is 0 Å². The van der Waals surface area contributed by atoms with Crippen molar-refractivity contribution in [2.75, 3.05) is 13.2 Å². The smallest absolute Gasteiger partial charge is 0.161 e. The average Bonchev–Trinajstić information content (AvgIpc) is 2.85. The number of unbranched alkanes of at least 4 members (excludes halogenated alkanes) is 13. The summed E-state index contributed by atoms with van der Waals surface area (Å²) < 4.78 is 11.6. The molecule has 1 aliphatic rings. The molecule has 0 saturated carbocycles. The Labute approximate surface area is 206 Å². The lowest BCUT2D eigenvalue weighted by Gasteiger charge is -2.39. The second-order valence-electron chi connectivity index (χ2n) is 9.57. The summed E-state index contributed by atoms with van der Waals surface area (Å²) >= 11 is 0. The van der Waals surface area contributed by atoms with E-state index >= 15 is 0 Å². The summed E-state index contributed by atoms with van der Waals surface area (Å²) in [5.41, 5.74) is 0.532. The molecule has 0 aromatic heterocycles. The number of benzene rings is 1. The Kier molecular flexibility index (Phi) is 14.8. The van der Waals surface area contributed by atoms with Crippen molar-refractivity contribution in [3.8, 4) is 5.75 Å². The van der Waals surface area contributed by atoms with Gasteiger partial charge in [-0.05, 0) is 12.5 Å². The normalized spacial score (nSPS) is 23.3. The fourth-order valence-electron chi connectivity index (χ4n) is 4.51. The van der Waals surface area contributed by atoms with Gasteiger partial charge in [-0.2, -0.15) is 0 Å². The van der Waals surface area contributed by atoms with E-state index in [4.69, 9.17) is 9.47 Å². The third kappa shape index (κ3) is 9.82. The van der Waals surface area contributed by atoms with Crippen LogP contribution in [0.15, 0.2) is 24.3 Å². The molecule has 34 heavy (non-hydrogen) atoms. The van der Waals surface area contributed by atoms with Crippen molar-refractivity contribution in [2.45, 2.75) is 121 Å². The number of aliphatic hydroxyl groups is 4. The first-order chi connectivity index (χ1) is 16.6. The van der Waals surface area contributed by atoms with Crippen molar-refractivity contribution in [1.29, 1.82) is 0 Å². The van der Waals surface area contributed by atoms with E-state index in [1.54, 1.807) is 18.2 Å². The van der Waals surface area contributed by atoms with Gasteiger partial charge in [0.15, 0.2) is 6.10 Å². The van der Waals surface area contributed by atoms with E-state index in [0.29, 0.717) is 17.9 Å². The van der Waals surface area contributed by atoms with E-state index in [-0.39, 0.29) is 6.10 Å². The van der Waals surface area contributed by atoms with Gasteiger partial charge in [0.05, 0.1) is 13.2 Å². The minimum Gasteiger partial charge on any atom is -0.493 e. The molecule has 1 heterocycles. The Morgan fingerprint density at radius 3 is 1.82 bits per heavy atom. The Bertz CT molecular complexity index is 637. The minimum atomic E-state index is -1.43. The number of hydrogen-bond donors (Lipinski definition) is 4. The lowest BCUT2D eigenvalue weighted by Crippen LogP contribution is -2.55. The van der Waals surface area contributed by atoms with Gasteiger partial charge in [0, 0.05) is 5.56 Å². The molecule has 1 radical (unpaired) electrons. The highest BCUT2D eigenvalue weighted by Gasteiger charge is 2.45. The van der Waals surface area contributed by atoms with Crippen LogP contribution in [0.3, 0.4) is 0 Å². The van der Waals surface area contributed by atoms with Crippen molar-refractivity contribution in [1.82, 2.24) is 0 Å². The zero-order valence-corrected chi connectivity index (χ0v) is 21.0. The molecule has 0 spiro atoms. The molecule has 2 rings (SSSR count). The second-order valence-corrected chi connectivity index (χ2v) is 9.57. The average molecular weight is 480 g/mol. The molecule has 0 bridgehead atoms. The minimum absolute atomic E-state index is 0.119. The van der Waals surface area contributed by atoms with E-state index in [0.717, 1.165) is 12.8 Å². The molecule has 4 N–H and O–H groups in total. The number of hydrogen-bond acceptors (Lipinski definition) is 6. The van der Waals surface area contributed by atoms with Crippen LogP contribution in [0, 0.1) is 6.10 Å². The zero-order chi connectivity index (χ0) is 24.6. The maximum absolute atomic E-state index is 10.4.